The molecular weight excluding hydrogens is 286 g/mol. The lowest BCUT2D eigenvalue weighted by Gasteiger charge is -2.23. The first-order valence-corrected chi connectivity index (χ1v) is 7.73. The molecule has 1 aliphatic rings. The van der Waals surface area contributed by atoms with Crippen LogP contribution in [-0.4, -0.2) is 23.7 Å². The van der Waals surface area contributed by atoms with Crippen LogP contribution in [0.25, 0.3) is 0 Å². The third-order valence-corrected chi connectivity index (χ3v) is 4.72. The van der Waals surface area contributed by atoms with E-state index in [-0.39, 0.29) is 12.5 Å². The van der Waals surface area contributed by atoms with Crippen LogP contribution >= 0.6 is 11.3 Å². The maximum absolute atomic E-state index is 12.2. The molecule has 2 atom stereocenters. The van der Waals surface area contributed by atoms with Crippen LogP contribution in [0.5, 0.6) is 5.75 Å². The number of aliphatic hydroxyl groups is 1. The van der Waals surface area contributed by atoms with E-state index in [1.54, 1.807) is 6.92 Å². The summed E-state index contributed by atoms with van der Waals surface area (Å²) in [6, 6.07) is 11.4. The monoisotopic (exact) mass is 303 g/mol. The average molecular weight is 303 g/mol. The molecule has 110 valence electrons. The Hall–Kier alpha value is -1.85. The van der Waals surface area contributed by atoms with Crippen molar-refractivity contribution in [2.45, 2.75) is 25.0 Å². The Balaban J connectivity index is 1.59. The number of para-hydroxylation sites is 1. The van der Waals surface area contributed by atoms with Gasteiger partial charge in [-0.05, 0) is 30.0 Å². The number of amides is 1. The van der Waals surface area contributed by atoms with Crippen LogP contribution in [0, 0.1) is 0 Å². The fourth-order valence-corrected chi connectivity index (χ4v) is 3.16. The van der Waals surface area contributed by atoms with Gasteiger partial charge in [-0.15, -0.1) is 11.3 Å². The predicted molar refractivity (Wildman–Crippen MR) is 81.5 cm³/mol. The Morgan fingerprint density at radius 2 is 2.24 bits per heavy atom. The first kappa shape index (κ1) is 14.1. The van der Waals surface area contributed by atoms with Crippen molar-refractivity contribution in [3.63, 3.8) is 0 Å². The number of fused-ring (bicyclic) bond motifs is 1. The van der Waals surface area contributed by atoms with Crippen LogP contribution < -0.4 is 10.1 Å². The highest BCUT2D eigenvalue weighted by Gasteiger charge is 2.31. The highest BCUT2D eigenvalue weighted by molar-refractivity contribution is 7.10. The maximum Gasteiger partial charge on any atom is 0.261 e. The molecule has 0 radical (unpaired) electrons. The Bertz CT molecular complexity index is 612. The molecule has 1 amide bonds. The third-order valence-electron chi connectivity index (χ3n) is 3.60. The first-order valence-electron chi connectivity index (χ1n) is 6.85. The number of rotatable bonds is 4. The lowest BCUT2D eigenvalue weighted by molar-refractivity contribution is -0.128. The van der Waals surface area contributed by atoms with E-state index in [2.05, 4.69) is 5.32 Å². The largest absolute Gasteiger partial charge is 0.480 e. The van der Waals surface area contributed by atoms with E-state index in [0.717, 1.165) is 16.2 Å². The van der Waals surface area contributed by atoms with Gasteiger partial charge in [-0.3, -0.25) is 4.79 Å². The number of carbonyl (C=O) groups excluding carboxylic acids is 1. The first-order chi connectivity index (χ1) is 10.1. The van der Waals surface area contributed by atoms with E-state index < -0.39 is 11.7 Å². The molecule has 1 aromatic carbocycles. The average Bonchev–Trinajstić information content (AvgIpc) is 3.13. The van der Waals surface area contributed by atoms with Crippen LogP contribution in [0.2, 0.25) is 0 Å². The normalized spacial score (nSPS) is 19.4. The maximum atomic E-state index is 12.2. The molecule has 3 rings (SSSR count). The number of nitrogens with one attached hydrogen (secondary N) is 1. The van der Waals surface area contributed by atoms with Gasteiger partial charge in [0.25, 0.3) is 5.91 Å². The molecule has 1 aliphatic heterocycles. The second kappa shape index (κ2) is 5.50. The van der Waals surface area contributed by atoms with Gasteiger partial charge in [0, 0.05) is 11.3 Å². The molecule has 0 spiro atoms. The quantitative estimate of drug-likeness (QED) is 0.909. The summed E-state index contributed by atoms with van der Waals surface area (Å²) < 4.78 is 5.63. The number of hydrogen-bond donors (Lipinski definition) is 2. The van der Waals surface area contributed by atoms with Gasteiger partial charge in [0.15, 0.2) is 6.10 Å². The Morgan fingerprint density at radius 1 is 1.43 bits per heavy atom. The Kier molecular flexibility index (Phi) is 3.69. The molecule has 2 aromatic rings. The molecule has 2 heterocycles. The van der Waals surface area contributed by atoms with Gasteiger partial charge < -0.3 is 15.2 Å². The highest BCUT2D eigenvalue weighted by atomic mass is 32.1. The Morgan fingerprint density at radius 3 is 2.95 bits per heavy atom. The van der Waals surface area contributed by atoms with Gasteiger partial charge in [-0.2, -0.15) is 0 Å². The topological polar surface area (TPSA) is 58.6 Å². The van der Waals surface area contributed by atoms with Crippen LogP contribution in [0.3, 0.4) is 0 Å². The molecule has 0 fully saturated rings. The molecule has 21 heavy (non-hydrogen) atoms. The van der Waals surface area contributed by atoms with E-state index in [4.69, 9.17) is 4.74 Å². The van der Waals surface area contributed by atoms with Crippen molar-refractivity contribution in [2.24, 2.45) is 0 Å². The fraction of sp³-hybridized carbons (Fsp3) is 0.312. The van der Waals surface area contributed by atoms with Crippen LogP contribution in [0.15, 0.2) is 41.8 Å². The van der Waals surface area contributed by atoms with Crippen molar-refractivity contribution in [1.29, 1.82) is 0 Å². The summed E-state index contributed by atoms with van der Waals surface area (Å²) >= 11 is 1.47. The summed E-state index contributed by atoms with van der Waals surface area (Å²) in [6.07, 6.45) is 0.0601. The molecule has 1 aromatic heterocycles. The minimum absolute atomic E-state index is 0.169. The fourth-order valence-electron chi connectivity index (χ4n) is 2.37. The van der Waals surface area contributed by atoms with Gasteiger partial charge >= 0.3 is 0 Å². The number of thiophene rings is 1. The summed E-state index contributed by atoms with van der Waals surface area (Å²) in [5.74, 6) is 0.575. The van der Waals surface area contributed by atoms with Crippen molar-refractivity contribution < 1.29 is 14.6 Å². The zero-order valence-corrected chi connectivity index (χ0v) is 12.5. The molecular formula is C16H17NO3S. The number of benzene rings is 1. The van der Waals surface area contributed by atoms with E-state index in [9.17, 15) is 9.90 Å². The van der Waals surface area contributed by atoms with E-state index in [0.29, 0.717) is 6.42 Å². The third kappa shape index (κ3) is 2.94. The zero-order chi connectivity index (χ0) is 14.9. The lowest BCUT2D eigenvalue weighted by atomic mass is 10.0. The van der Waals surface area contributed by atoms with Crippen molar-refractivity contribution in [2.75, 3.05) is 6.54 Å². The minimum Gasteiger partial charge on any atom is -0.480 e. The van der Waals surface area contributed by atoms with Crippen molar-refractivity contribution >= 4 is 17.2 Å². The standard InChI is InChI=1S/C16H17NO3S/c1-16(19,14-7-4-8-21-14)10-17-15(18)13-9-11-5-2-3-6-12(11)20-13/h2-8,13,19H,9-10H2,1H3,(H,17,18)/t13-,16+/m0/s1. The van der Waals surface area contributed by atoms with Gasteiger partial charge in [0.1, 0.15) is 11.4 Å². The van der Waals surface area contributed by atoms with Crippen molar-refractivity contribution in [1.82, 2.24) is 5.32 Å². The SMILES string of the molecule is C[C@@](O)(CNC(=O)[C@@H]1Cc2ccccc2O1)c1cccs1. The number of carbonyl (C=O) groups is 1. The highest BCUT2D eigenvalue weighted by Crippen LogP contribution is 2.28. The second-order valence-electron chi connectivity index (χ2n) is 5.39. The summed E-state index contributed by atoms with van der Waals surface area (Å²) in [5, 5.41) is 15.1. The number of hydrogen-bond acceptors (Lipinski definition) is 4. The molecule has 0 aliphatic carbocycles. The van der Waals surface area contributed by atoms with E-state index >= 15 is 0 Å². The molecule has 0 bridgehead atoms. The van der Waals surface area contributed by atoms with Crippen LogP contribution in [-0.2, 0) is 16.8 Å². The van der Waals surface area contributed by atoms with E-state index in [1.165, 1.54) is 11.3 Å². The molecule has 5 heteroatoms. The lowest BCUT2D eigenvalue weighted by Crippen LogP contribution is -2.44. The van der Waals surface area contributed by atoms with Crippen molar-refractivity contribution in [3.8, 4) is 5.75 Å². The van der Waals surface area contributed by atoms with Gasteiger partial charge in [-0.1, -0.05) is 24.3 Å². The summed E-state index contributed by atoms with van der Waals surface area (Å²) in [6.45, 7) is 1.87. The molecule has 2 N–H and O–H groups in total. The van der Waals surface area contributed by atoms with Gasteiger partial charge in [0.05, 0.1) is 6.54 Å². The predicted octanol–water partition coefficient (Wildman–Crippen LogP) is 2.08. The van der Waals surface area contributed by atoms with Crippen LogP contribution in [0.1, 0.15) is 17.4 Å². The second-order valence-corrected chi connectivity index (χ2v) is 6.33. The van der Waals surface area contributed by atoms with Crippen molar-refractivity contribution in [3.05, 3.63) is 52.2 Å². The molecule has 0 unspecified atom stereocenters. The molecule has 0 saturated heterocycles. The van der Waals surface area contributed by atoms with Crippen LogP contribution in [0.4, 0.5) is 0 Å². The molecule has 4 nitrogen and oxygen atoms in total. The summed E-state index contributed by atoms with van der Waals surface area (Å²) in [4.78, 5) is 13.0. The smallest absolute Gasteiger partial charge is 0.261 e. The van der Waals surface area contributed by atoms with Gasteiger partial charge in [0.2, 0.25) is 0 Å². The van der Waals surface area contributed by atoms with Gasteiger partial charge in [-0.25, -0.2) is 0 Å². The minimum atomic E-state index is -1.06. The summed E-state index contributed by atoms with van der Waals surface area (Å²) in [7, 11) is 0. The number of ether oxygens (including phenoxy) is 1. The Labute approximate surface area is 127 Å². The van der Waals surface area contributed by atoms with E-state index in [1.807, 2.05) is 41.8 Å². The zero-order valence-electron chi connectivity index (χ0n) is 11.7. The summed E-state index contributed by atoms with van der Waals surface area (Å²) in [5.41, 5.74) is -0.0161. The molecule has 0 saturated carbocycles.